The topological polar surface area (TPSA) is 146 Å². The number of hydrogen-bond donors (Lipinski definition) is 4. The Hall–Kier alpha value is -2.16. The van der Waals surface area contributed by atoms with E-state index in [0.29, 0.717) is 24.4 Å². The number of benzene rings is 1. The minimum absolute atomic E-state index is 0.211. The number of carboxylic acids is 1. The largest absolute Gasteiger partial charge is 0.486 e. The molecule has 0 amide bonds. The first-order valence-electron chi connectivity index (χ1n) is 9.83. The van der Waals surface area contributed by atoms with Crippen molar-refractivity contribution < 1.29 is 19.5 Å². The van der Waals surface area contributed by atoms with Crippen LogP contribution in [0.25, 0.3) is 0 Å². The highest BCUT2D eigenvalue weighted by atomic mass is 16.7. The summed E-state index contributed by atoms with van der Waals surface area (Å²) in [4.78, 5) is 21.0. The number of nitrogens with zero attached hydrogens (tertiary/aromatic N) is 1. The molecular formula is C20H30N4O4. The van der Waals surface area contributed by atoms with Crippen molar-refractivity contribution in [1.29, 1.82) is 0 Å². The molecule has 154 valence electrons. The van der Waals surface area contributed by atoms with E-state index in [1.54, 1.807) is 6.07 Å². The Kier molecular flexibility index (Phi) is 6.22. The SMILES string of the molecule is C[C@@](ON)(C(=O)O)[C@H]1CCc2cc(C(N)=NC3CCCC(N)CC3)ccc2O1. The first kappa shape index (κ1) is 20.6. The van der Waals surface area contributed by atoms with Gasteiger partial charge in [-0.05, 0) is 75.6 Å². The summed E-state index contributed by atoms with van der Waals surface area (Å²) < 4.78 is 5.88. The van der Waals surface area contributed by atoms with Gasteiger partial charge in [0.05, 0.1) is 6.04 Å². The number of hydrogen-bond acceptors (Lipinski definition) is 6. The van der Waals surface area contributed by atoms with Crippen molar-refractivity contribution in [3.63, 3.8) is 0 Å². The van der Waals surface area contributed by atoms with Crippen molar-refractivity contribution in [3.05, 3.63) is 29.3 Å². The molecule has 0 spiro atoms. The molecule has 1 saturated carbocycles. The Labute approximate surface area is 165 Å². The Morgan fingerprint density at radius 1 is 1.29 bits per heavy atom. The zero-order chi connectivity index (χ0) is 20.3. The van der Waals surface area contributed by atoms with Gasteiger partial charge in [-0.1, -0.05) is 0 Å². The highest BCUT2D eigenvalue weighted by molar-refractivity contribution is 5.98. The Morgan fingerprint density at radius 2 is 2.07 bits per heavy atom. The number of fused-ring (bicyclic) bond motifs is 1. The van der Waals surface area contributed by atoms with Gasteiger partial charge in [0.25, 0.3) is 0 Å². The molecular weight excluding hydrogens is 360 g/mol. The molecule has 0 radical (unpaired) electrons. The molecule has 2 unspecified atom stereocenters. The molecule has 2 aliphatic rings. The third-order valence-corrected chi connectivity index (χ3v) is 5.89. The van der Waals surface area contributed by atoms with Crippen LogP contribution in [0.15, 0.2) is 23.2 Å². The number of nitrogens with two attached hydrogens (primary N) is 3. The van der Waals surface area contributed by atoms with Crippen LogP contribution in [0.2, 0.25) is 0 Å². The standard InChI is InChI=1S/C20H30N4O4/c1-20(28-23,19(25)26)17-10-6-12-11-13(5-9-16(12)27-17)18(22)24-15-4-2-3-14(21)7-8-15/h5,9,11,14-15,17H,2-4,6-8,10,21,23H2,1H3,(H2,22,24)(H,25,26)/t14?,15?,17-,20+/m1/s1. The lowest BCUT2D eigenvalue weighted by atomic mass is 9.90. The average molecular weight is 390 g/mol. The molecule has 1 heterocycles. The maximum Gasteiger partial charge on any atom is 0.341 e. The average Bonchev–Trinajstić information content (AvgIpc) is 2.90. The van der Waals surface area contributed by atoms with Crippen molar-refractivity contribution in [2.24, 2.45) is 22.4 Å². The second-order valence-corrected chi connectivity index (χ2v) is 7.93. The van der Waals surface area contributed by atoms with E-state index in [-0.39, 0.29) is 12.1 Å². The van der Waals surface area contributed by atoms with Gasteiger partial charge in [0.2, 0.25) is 5.60 Å². The fourth-order valence-electron chi connectivity index (χ4n) is 3.91. The fourth-order valence-corrected chi connectivity index (χ4v) is 3.91. The van der Waals surface area contributed by atoms with Crippen molar-refractivity contribution >= 4 is 11.8 Å². The van der Waals surface area contributed by atoms with Crippen molar-refractivity contribution in [3.8, 4) is 5.75 Å². The van der Waals surface area contributed by atoms with Gasteiger partial charge in [0.1, 0.15) is 17.7 Å². The fraction of sp³-hybridized carbons (Fsp3) is 0.600. The summed E-state index contributed by atoms with van der Waals surface area (Å²) in [6.45, 7) is 1.42. The maximum absolute atomic E-state index is 11.5. The summed E-state index contributed by atoms with van der Waals surface area (Å²) in [5.74, 6) is 5.22. The molecule has 1 aliphatic carbocycles. The van der Waals surface area contributed by atoms with E-state index in [2.05, 4.69) is 0 Å². The van der Waals surface area contributed by atoms with Gasteiger partial charge < -0.3 is 21.3 Å². The predicted molar refractivity (Wildman–Crippen MR) is 106 cm³/mol. The lowest BCUT2D eigenvalue weighted by Crippen LogP contribution is -2.54. The monoisotopic (exact) mass is 390 g/mol. The lowest BCUT2D eigenvalue weighted by Gasteiger charge is -2.35. The van der Waals surface area contributed by atoms with Crippen molar-refractivity contribution in [1.82, 2.24) is 0 Å². The minimum Gasteiger partial charge on any atom is -0.486 e. The summed E-state index contributed by atoms with van der Waals surface area (Å²) in [6, 6.07) is 6.10. The second kappa shape index (κ2) is 8.46. The molecule has 28 heavy (non-hydrogen) atoms. The lowest BCUT2D eigenvalue weighted by molar-refractivity contribution is -0.179. The summed E-state index contributed by atoms with van der Waals surface area (Å²) in [6.07, 6.45) is 5.53. The quantitative estimate of drug-likeness (QED) is 0.258. The number of aryl methyl sites for hydroxylation is 1. The van der Waals surface area contributed by atoms with Gasteiger partial charge in [0, 0.05) is 11.6 Å². The van der Waals surface area contributed by atoms with Crippen LogP contribution in [-0.4, -0.2) is 40.7 Å². The molecule has 3 rings (SSSR count). The molecule has 0 saturated heterocycles. The summed E-state index contributed by atoms with van der Waals surface area (Å²) >= 11 is 0. The molecule has 1 aromatic carbocycles. The number of carbonyl (C=O) groups is 1. The van der Waals surface area contributed by atoms with E-state index < -0.39 is 17.7 Å². The molecule has 8 nitrogen and oxygen atoms in total. The summed E-state index contributed by atoms with van der Waals surface area (Å²) in [5, 5.41) is 9.42. The highest BCUT2D eigenvalue weighted by Crippen LogP contribution is 2.33. The summed E-state index contributed by atoms with van der Waals surface area (Å²) in [7, 11) is 0. The van der Waals surface area contributed by atoms with E-state index >= 15 is 0 Å². The number of amidine groups is 1. The van der Waals surface area contributed by atoms with Crippen molar-refractivity contribution in [2.75, 3.05) is 0 Å². The molecule has 0 aromatic heterocycles. The molecule has 1 fully saturated rings. The van der Waals surface area contributed by atoms with Crippen LogP contribution >= 0.6 is 0 Å². The van der Waals surface area contributed by atoms with E-state index in [1.807, 2.05) is 12.1 Å². The van der Waals surface area contributed by atoms with Crippen LogP contribution < -0.4 is 22.1 Å². The van der Waals surface area contributed by atoms with Gasteiger partial charge in [-0.25, -0.2) is 10.7 Å². The number of rotatable bonds is 5. The Bertz CT molecular complexity index is 754. The van der Waals surface area contributed by atoms with Gasteiger partial charge in [-0.3, -0.25) is 9.83 Å². The Balaban J connectivity index is 1.74. The first-order chi connectivity index (χ1) is 13.3. The number of carboxylic acid groups (broad SMARTS) is 1. The molecule has 0 bridgehead atoms. The van der Waals surface area contributed by atoms with Crippen LogP contribution in [0.4, 0.5) is 0 Å². The normalized spacial score (nSPS) is 27.8. The van der Waals surface area contributed by atoms with Crippen LogP contribution in [-0.2, 0) is 16.1 Å². The van der Waals surface area contributed by atoms with Crippen LogP contribution in [0.3, 0.4) is 0 Å². The predicted octanol–water partition coefficient (Wildman–Crippen LogP) is 1.48. The highest BCUT2D eigenvalue weighted by Gasteiger charge is 2.46. The number of aliphatic imine (C=N–C) groups is 1. The van der Waals surface area contributed by atoms with Crippen LogP contribution in [0, 0.1) is 0 Å². The van der Waals surface area contributed by atoms with Gasteiger partial charge in [-0.2, -0.15) is 0 Å². The van der Waals surface area contributed by atoms with Gasteiger partial charge in [-0.15, -0.1) is 0 Å². The van der Waals surface area contributed by atoms with E-state index in [4.69, 9.17) is 31.9 Å². The maximum atomic E-state index is 11.5. The first-order valence-corrected chi connectivity index (χ1v) is 9.83. The third-order valence-electron chi connectivity index (χ3n) is 5.89. The molecule has 4 atom stereocenters. The van der Waals surface area contributed by atoms with Crippen LogP contribution in [0.5, 0.6) is 5.75 Å². The molecule has 7 N–H and O–H groups in total. The molecule has 8 heteroatoms. The van der Waals surface area contributed by atoms with Crippen LogP contribution in [0.1, 0.15) is 56.6 Å². The van der Waals surface area contributed by atoms with Crippen molar-refractivity contribution in [2.45, 2.75) is 75.7 Å². The number of aliphatic carboxylic acids is 1. The van der Waals surface area contributed by atoms with Gasteiger partial charge >= 0.3 is 5.97 Å². The van der Waals surface area contributed by atoms with E-state index in [0.717, 1.165) is 43.2 Å². The third kappa shape index (κ3) is 4.29. The molecule has 1 aromatic rings. The number of ether oxygens (including phenoxy) is 1. The zero-order valence-corrected chi connectivity index (χ0v) is 16.3. The zero-order valence-electron chi connectivity index (χ0n) is 16.3. The summed E-state index contributed by atoms with van der Waals surface area (Å²) in [5.41, 5.74) is 12.5. The van der Waals surface area contributed by atoms with E-state index in [1.165, 1.54) is 6.92 Å². The van der Waals surface area contributed by atoms with Gasteiger partial charge in [0.15, 0.2) is 0 Å². The molecule has 1 aliphatic heterocycles. The minimum atomic E-state index is -1.60. The second-order valence-electron chi connectivity index (χ2n) is 7.93. The Morgan fingerprint density at radius 3 is 2.79 bits per heavy atom. The van der Waals surface area contributed by atoms with E-state index in [9.17, 15) is 9.90 Å². The smallest absolute Gasteiger partial charge is 0.341 e.